The number of unbranched alkanes of at least 4 members (excludes halogenated alkanes) is 19. The highest BCUT2D eigenvalue weighted by atomic mass is 32.2. The second kappa shape index (κ2) is 24.7. The van der Waals surface area contributed by atoms with Gasteiger partial charge in [0.15, 0.2) is 0 Å². The normalized spacial score (nSPS) is 13.6. The Kier molecular flexibility index (Phi) is 24.2. The Bertz CT molecular complexity index is 596. The molecule has 0 aromatic rings. The third-order valence-electron chi connectivity index (χ3n) is 7.06. The second-order valence-electron chi connectivity index (χ2n) is 10.7. The quantitative estimate of drug-likeness (QED) is 0.0740. The molecule has 36 heavy (non-hydrogen) atoms. The van der Waals surface area contributed by atoms with Crippen LogP contribution in [-0.4, -0.2) is 41.9 Å². The Morgan fingerprint density at radius 2 is 1.00 bits per heavy atom. The van der Waals surface area contributed by atoms with Crippen LogP contribution in [0.25, 0.3) is 0 Å². The van der Waals surface area contributed by atoms with Crippen molar-refractivity contribution in [3.05, 3.63) is 0 Å². The molecule has 0 fully saturated rings. The van der Waals surface area contributed by atoms with Crippen LogP contribution in [0.5, 0.6) is 0 Å². The van der Waals surface area contributed by atoms with E-state index >= 15 is 0 Å². The molecule has 0 bridgehead atoms. The average molecular weight is 534 g/mol. The second-order valence-corrected chi connectivity index (χ2v) is 12.2. The smallest absolute Gasteiger partial charge is 0.266 e. The predicted molar refractivity (Wildman–Crippen MR) is 152 cm³/mol. The van der Waals surface area contributed by atoms with Crippen LogP contribution in [-0.2, 0) is 14.9 Å². The molecule has 3 N–H and O–H groups in total. The molecule has 0 radical (unpaired) electrons. The standard InChI is InChI=1S/C29H59NO5S/c1-3-5-7-9-10-11-12-13-14-15-16-17-18-19-21-23-25-29(32)30-27(26-36(33,34)35)28(31)24-22-20-8-6-4-2/h27-28,31H,3-26H2,1-2H3,(H,30,32)(H,33,34,35). The molecule has 7 heteroatoms. The minimum Gasteiger partial charge on any atom is -0.391 e. The van der Waals surface area contributed by atoms with Crippen molar-refractivity contribution in [1.29, 1.82) is 0 Å². The zero-order valence-corrected chi connectivity index (χ0v) is 24.5. The fraction of sp³-hybridized carbons (Fsp3) is 0.966. The molecule has 2 atom stereocenters. The number of carbonyl (C=O) groups excluding carboxylic acids is 1. The van der Waals surface area contributed by atoms with E-state index in [1.165, 1.54) is 83.5 Å². The Morgan fingerprint density at radius 3 is 1.39 bits per heavy atom. The summed E-state index contributed by atoms with van der Waals surface area (Å²) in [5.41, 5.74) is 0. The van der Waals surface area contributed by atoms with Crippen molar-refractivity contribution in [1.82, 2.24) is 5.32 Å². The Hall–Kier alpha value is -0.660. The first kappa shape index (κ1) is 35.3. The maximum Gasteiger partial charge on any atom is 0.266 e. The van der Waals surface area contributed by atoms with E-state index in [-0.39, 0.29) is 5.91 Å². The van der Waals surface area contributed by atoms with Crippen LogP contribution in [0.4, 0.5) is 0 Å². The van der Waals surface area contributed by atoms with Gasteiger partial charge in [0.2, 0.25) is 5.91 Å². The SMILES string of the molecule is CCCCCCCCCCCCCCCCCCC(=O)NC(CS(=O)(=O)O)C(O)CCCCCCC. The summed E-state index contributed by atoms with van der Waals surface area (Å²) >= 11 is 0. The van der Waals surface area contributed by atoms with Gasteiger partial charge in [-0.3, -0.25) is 9.35 Å². The largest absolute Gasteiger partial charge is 0.391 e. The van der Waals surface area contributed by atoms with Gasteiger partial charge in [-0.1, -0.05) is 142 Å². The predicted octanol–water partition coefficient (Wildman–Crippen LogP) is 7.73. The first-order valence-corrected chi connectivity index (χ1v) is 16.8. The van der Waals surface area contributed by atoms with Gasteiger partial charge in [0.05, 0.1) is 17.9 Å². The van der Waals surface area contributed by atoms with Gasteiger partial charge >= 0.3 is 0 Å². The van der Waals surface area contributed by atoms with E-state index in [1.54, 1.807) is 0 Å². The van der Waals surface area contributed by atoms with Gasteiger partial charge in [0, 0.05) is 6.42 Å². The number of hydrogen-bond donors (Lipinski definition) is 3. The van der Waals surface area contributed by atoms with Gasteiger partial charge in [-0.25, -0.2) is 0 Å². The van der Waals surface area contributed by atoms with Crippen LogP contribution in [0.2, 0.25) is 0 Å². The molecule has 216 valence electrons. The highest BCUT2D eigenvalue weighted by Gasteiger charge is 2.25. The number of hydrogen-bond acceptors (Lipinski definition) is 4. The number of amides is 1. The highest BCUT2D eigenvalue weighted by molar-refractivity contribution is 7.85. The summed E-state index contributed by atoms with van der Waals surface area (Å²) in [4.78, 5) is 12.3. The molecule has 6 nitrogen and oxygen atoms in total. The molecule has 0 aliphatic carbocycles. The first-order chi connectivity index (χ1) is 17.3. The van der Waals surface area contributed by atoms with Crippen molar-refractivity contribution in [3.8, 4) is 0 Å². The lowest BCUT2D eigenvalue weighted by molar-refractivity contribution is -0.122. The molecule has 0 aliphatic heterocycles. The summed E-state index contributed by atoms with van der Waals surface area (Å²) in [6, 6.07) is -0.959. The van der Waals surface area contributed by atoms with Gasteiger partial charge in [-0.05, 0) is 12.8 Å². The number of carbonyl (C=O) groups is 1. The molecule has 0 saturated carbocycles. The van der Waals surface area contributed by atoms with Gasteiger partial charge in [-0.15, -0.1) is 0 Å². The van der Waals surface area contributed by atoms with E-state index in [9.17, 15) is 22.9 Å². The monoisotopic (exact) mass is 533 g/mol. The van der Waals surface area contributed by atoms with Crippen molar-refractivity contribution in [2.24, 2.45) is 0 Å². The van der Waals surface area contributed by atoms with E-state index in [0.29, 0.717) is 12.8 Å². The lowest BCUT2D eigenvalue weighted by Gasteiger charge is -2.23. The zero-order chi connectivity index (χ0) is 26.9. The molecule has 0 saturated heterocycles. The van der Waals surface area contributed by atoms with Crippen molar-refractivity contribution in [2.45, 2.75) is 174 Å². The van der Waals surface area contributed by atoms with E-state index in [0.717, 1.165) is 51.4 Å². The average Bonchev–Trinajstić information content (AvgIpc) is 2.82. The maximum absolute atomic E-state index is 12.3. The Labute approximate surface area is 223 Å². The molecular formula is C29H59NO5S. The number of rotatable bonds is 27. The van der Waals surface area contributed by atoms with Gasteiger partial charge < -0.3 is 10.4 Å². The van der Waals surface area contributed by atoms with E-state index in [1.807, 2.05) is 0 Å². The summed E-state index contributed by atoms with van der Waals surface area (Å²) in [6.07, 6.45) is 25.2. The van der Waals surface area contributed by atoms with Gasteiger partial charge in [0.1, 0.15) is 0 Å². The molecular weight excluding hydrogens is 474 g/mol. The Morgan fingerprint density at radius 1 is 0.639 bits per heavy atom. The van der Waals surface area contributed by atoms with Crippen molar-refractivity contribution in [2.75, 3.05) is 5.75 Å². The number of aliphatic hydroxyl groups excluding tert-OH is 1. The third-order valence-corrected chi connectivity index (χ3v) is 7.84. The fourth-order valence-corrected chi connectivity index (χ4v) is 5.51. The van der Waals surface area contributed by atoms with Crippen molar-refractivity contribution < 1.29 is 22.9 Å². The first-order valence-electron chi connectivity index (χ1n) is 15.2. The number of nitrogens with one attached hydrogen (secondary N) is 1. The molecule has 0 rings (SSSR count). The van der Waals surface area contributed by atoms with Crippen LogP contribution < -0.4 is 5.32 Å². The zero-order valence-electron chi connectivity index (χ0n) is 23.7. The summed E-state index contributed by atoms with van der Waals surface area (Å²) in [6.45, 7) is 4.39. The lowest BCUT2D eigenvalue weighted by Crippen LogP contribution is -2.47. The topological polar surface area (TPSA) is 104 Å². The van der Waals surface area contributed by atoms with Crippen LogP contribution >= 0.6 is 0 Å². The van der Waals surface area contributed by atoms with Crippen LogP contribution in [0.3, 0.4) is 0 Å². The number of aliphatic hydroxyl groups is 1. The van der Waals surface area contributed by atoms with Crippen LogP contribution in [0.15, 0.2) is 0 Å². The van der Waals surface area contributed by atoms with Crippen LogP contribution in [0, 0.1) is 0 Å². The molecule has 1 amide bonds. The molecule has 0 aromatic carbocycles. The van der Waals surface area contributed by atoms with E-state index < -0.39 is 28.0 Å². The fourth-order valence-electron chi connectivity index (χ4n) is 4.75. The molecule has 2 unspecified atom stereocenters. The summed E-state index contributed by atoms with van der Waals surface area (Å²) in [7, 11) is -4.28. The minimum atomic E-state index is -4.28. The Balaban J connectivity index is 3.81. The third kappa shape index (κ3) is 25.0. The summed E-state index contributed by atoms with van der Waals surface area (Å²) < 4.78 is 31.9. The van der Waals surface area contributed by atoms with Crippen molar-refractivity contribution in [3.63, 3.8) is 0 Å². The lowest BCUT2D eigenvalue weighted by atomic mass is 10.0. The van der Waals surface area contributed by atoms with Gasteiger partial charge in [-0.2, -0.15) is 8.42 Å². The molecule has 0 aromatic heterocycles. The van der Waals surface area contributed by atoms with Gasteiger partial charge in [0.25, 0.3) is 10.1 Å². The van der Waals surface area contributed by atoms with Crippen molar-refractivity contribution >= 4 is 16.0 Å². The highest BCUT2D eigenvalue weighted by Crippen LogP contribution is 2.15. The molecule has 0 aliphatic rings. The molecule has 0 heterocycles. The summed E-state index contributed by atoms with van der Waals surface area (Å²) in [5, 5.41) is 13.0. The summed E-state index contributed by atoms with van der Waals surface area (Å²) in [5.74, 6) is -0.896. The maximum atomic E-state index is 12.3. The molecule has 0 spiro atoms. The van der Waals surface area contributed by atoms with Crippen LogP contribution in [0.1, 0.15) is 162 Å². The minimum absolute atomic E-state index is 0.251. The van der Waals surface area contributed by atoms with E-state index in [2.05, 4.69) is 19.2 Å². The van der Waals surface area contributed by atoms with E-state index in [4.69, 9.17) is 0 Å².